The molecule has 138 valence electrons. The summed E-state index contributed by atoms with van der Waals surface area (Å²) >= 11 is 0. The molecule has 1 atom stereocenters. The van der Waals surface area contributed by atoms with Crippen molar-refractivity contribution in [1.29, 1.82) is 0 Å². The van der Waals surface area contributed by atoms with E-state index in [4.69, 9.17) is 0 Å². The number of fused-ring (bicyclic) bond motifs is 1. The van der Waals surface area contributed by atoms with Gasteiger partial charge in [-0.25, -0.2) is 0 Å². The number of hydrogen-bond acceptors (Lipinski definition) is 3. The Bertz CT molecular complexity index is 756. The van der Waals surface area contributed by atoms with Crippen molar-refractivity contribution in [2.45, 2.75) is 44.7 Å². The number of nitrogens with zero attached hydrogens (tertiary/aromatic N) is 2. The highest BCUT2D eigenvalue weighted by Gasteiger charge is 2.29. The fourth-order valence-corrected chi connectivity index (χ4v) is 4.50. The lowest BCUT2D eigenvalue weighted by Gasteiger charge is -2.40. The predicted octanol–water partition coefficient (Wildman–Crippen LogP) is 3.73. The second-order valence-corrected chi connectivity index (χ2v) is 7.70. The van der Waals surface area contributed by atoms with Crippen molar-refractivity contribution >= 4 is 22.4 Å². The largest absolute Gasteiger partial charge is 0.324 e. The standard InChI is InChI=1S/C22H29N3O/c1-17(24-13-15-25(16-14-24)19-9-3-4-10-19)22(26)23-21-12-6-8-18-7-2-5-11-20(18)21/h2,5-8,11-12,17,19H,3-4,9-10,13-16H2,1H3,(H,23,26). The SMILES string of the molecule is CC(C(=O)Nc1cccc2ccccc12)N1CCN(C2CCCC2)CC1. The maximum absolute atomic E-state index is 12.8. The van der Waals surface area contributed by atoms with E-state index in [9.17, 15) is 4.79 Å². The fourth-order valence-electron chi connectivity index (χ4n) is 4.50. The number of piperazine rings is 1. The first-order valence-corrected chi connectivity index (χ1v) is 9.99. The molecule has 1 aliphatic carbocycles. The molecule has 0 bridgehead atoms. The van der Waals surface area contributed by atoms with Crippen LogP contribution in [0.5, 0.6) is 0 Å². The van der Waals surface area contributed by atoms with Gasteiger partial charge in [-0.2, -0.15) is 0 Å². The summed E-state index contributed by atoms with van der Waals surface area (Å²) in [6.07, 6.45) is 5.48. The summed E-state index contributed by atoms with van der Waals surface area (Å²) < 4.78 is 0. The molecule has 1 aliphatic heterocycles. The highest BCUT2D eigenvalue weighted by molar-refractivity contribution is 6.03. The Morgan fingerprint density at radius 1 is 1.00 bits per heavy atom. The molecular formula is C22H29N3O. The van der Waals surface area contributed by atoms with Crippen molar-refractivity contribution in [3.8, 4) is 0 Å². The quantitative estimate of drug-likeness (QED) is 0.912. The van der Waals surface area contributed by atoms with E-state index < -0.39 is 0 Å². The molecule has 2 aliphatic rings. The summed E-state index contributed by atoms with van der Waals surface area (Å²) in [4.78, 5) is 17.8. The number of anilines is 1. The van der Waals surface area contributed by atoms with Gasteiger partial charge in [-0.1, -0.05) is 49.2 Å². The van der Waals surface area contributed by atoms with Gasteiger partial charge in [-0.05, 0) is 31.2 Å². The van der Waals surface area contributed by atoms with Gasteiger partial charge in [0.2, 0.25) is 5.91 Å². The summed E-state index contributed by atoms with van der Waals surface area (Å²) in [5.74, 6) is 0.0932. The first kappa shape index (κ1) is 17.5. The van der Waals surface area contributed by atoms with Crippen molar-refractivity contribution in [1.82, 2.24) is 9.80 Å². The van der Waals surface area contributed by atoms with Crippen LogP contribution in [-0.2, 0) is 4.79 Å². The highest BCUT2D eigenvalue weighted by Crippen LogP contribution is 2.25. The Morgan fingerprint density at radius 3 is 2.46 bits per heavy atom. The van der Waals surface area contributed by atoms with Gasteiger partial charge in [-0.15, -0.1) is 0 Å². The van der Waals surface area contributed by atoms with Gasteiger partial charge < -0.3 is 5.32 Å². The third-order valence-corrected chi connectivity index (χ3v) is 6.16. The van der Waals surface area contributed by atoms with Crippen LogP contribution in [0, 0.1) is 0 Å². The van der Waals surface area contributed by atoms with Crippen LogP contribution in [0.1, 0.15) is 32.6 Å². The normalized spacial score (nSPS) is 21.1. The summed E-state index contributed by atoms with van der Waals surface area (Å²) in [6, 6.07) is 15.0. The van der Waals surface area contributed by atoms with E-state index in [1.54, 1.807) is 0 Å². The van der Waals surface area contributed by atoms with Gasteiger partial charge in [-0.3, -0.25) is 14.6 Å². The van der Waals surface area contributed by atoms with Crippen molar-refractivity contribution < 1.29 is 4.79 Å². The predicted molar refractivity (Wildman–Crippen MR) is 107 cm³/mol. The van der Waals surface area contributed by atoms with E-state index in [0.717, 1.165) is 48.7 Å². The van der Waals surface area contributed by atoms with Crippen LogP contribution < -0.4 is 5.32 Å². The van der Waals surface area contributed by atoms with Gasteiger partial charge in [0.05, 0.1) is 6.04 Å². The number of carbonyl (C=O) groups is 1. The van der Waals surface area contributed by atoms with E-state index in [1.807, 2.05) is 31.2 Å². The molecule has 1 N–H and O–H groups in total. The van der Waals surface area contributed by atoms with Crippen LogP contribution in [0.2, 0.25) is 0 Å². The third-order valence-electron chi connectivity index (χ3n) is 6.16. The topological polar surface area (TPSA) is 35.6 Å². The molecule has 2 aromatic carbocycles. The number of carbonyl (C=O) groups excluding carboxylic acids is 1. The molecule has 1 amide bonds. The Hall–Kier alpha value is -1.91. The maximum atomic E-state index is 12.8. The van der Waals surface area contributed by atoms with E-state index >= 15 is 0 Å². The molecule has 2 fully saturated rings. The minimum Gasteiger partial charge on any atom is -0.324 e. The zero-order valence-corrected chi connectivity index (χ0v) is 15.7. The van der Waals surface area contributed by atoms with Crippen LogP contribution in [0.25, 0.3) is 10.8 Å². The zero-order valence-electron chi connectivity index (χ0n) is 15.7. The Kier molecular flexibility index (Phi) is 5.23. The first-order valence-electron chi connectivity index (χ1n) is 9.99. The molecular weight excluding hydrogens is 322 g/mol. The number of rotatable bonds is 4. The molecule has 1 saturated carbocycles. The summed E-state index contributed by atoms with van der Waals surface area (Å²) in [5, 5.41) is 5.41. The van der Waals surface area contributed by atoms with Crippen LogP contribution in [0.3, 0.4) is 0 Å². The van der Waals surface area contributed by atoms with Gasteiger partial charge in [0.25, 0.3) is 0 Å². The second-order valence-electron chi connectivity index (χ2n) is 7.70. The van der Waals surface area contributed by atoms with E-state index in [2.05, 4.69) is 33.3 Å². The molecule has 0 radical (unpaired) electrons. The van der Waals surface area contributed by atoms with Crippen LogP contribution in [-0.4, -0.2) is 54.0 Å². The molecule has 1 unspecified atom stereocenters. The first-order chi connectivity index (χ1) is 12.7. The molecule has 26 heavy (non-hydrogen) atoms. The molecule has 4 heteroatoms. The molecule has 4 nitrogen and oxygen atoms in total. The van der Waals surface area contributed by atoms with Crippen LogP contribution in [0.15, 0.2) is 42.5 Å². The van der Waals surface area contributed by atoms with Gasteiger partial charge in [0.1, 0.15) is 0 Å². The van der Waals surface area contributed by atoms with Crippen LogP contribution >= 0.6 is 0 Å². The Balaban J connectivity index is 1.37. The number of benzene rings is 2. The van der Waals surface area contributed by atoms with Gasteiger partial charge in [0.15, 0.2) is 0 Å². The Labute approximate surface area is 156 Å². The average Bonchev–Trinajstić information content (AvgIpc) is 3.23. The minimum atomic E-state index is -0.0975. The lowest BCUT2D eigenvalue weighted by Crippen LogP contribution is -2.54. The van der Waals surface area contributed by atoms with Gasteiger partial charge in [0, 0.05) is 43.3 Å². The maximum Gasteiger partial charge on any atom is 0.241 e. The number of nitrogens with one attached hydrogen (secondary N) is 1. The second kappa shape index (κ2) is 7.77. The van der Waals surface area contributed by atoms with Gasteiger partial charge >= 0.3 is 0 Å². The summed E-state index contributed by atoms with van der Waals surface area (Å²) in [6.45, 7) is 6.19. The lowest BCUT2D eigenvalue weighted by molar-refractivity contribution is -0.121. The molecule has 4 rings (SSSR count). The average molecular weight is 351 g/mol. The van der Waals surface area contributed by atoms with E-state index in [0.29, 0.717) is 0 Å². The van der Waals surface area contributed by atoms with Crippen molar-refractivity contribution in [3.05, 3.63) is 42.5 Å². The van der Waals surface area contributed by atoms with E-state index in [1.165, 1.54) is 25.7 Å². The minimum absolute atomic E-state index is 0.0932. The summed E-state index contributed by atoms with van der Waals surface area (Å²) in [5.41, 5.74) is 0.907. The monoisotopic (exact) mass is 351 g/mol. The number of hydrogen-bond donors (Lipinski definition) is 1. The van der Waals surface area contributed by atoms with Crippen molar-refractivity contribution in [3.63, 3.8) is 0 Å². The lowest BCUT2D eigenvalue weighted by atomic mass is 10.1. The highest BCUT2D eigenvalue weighted by atomic mass is 16.2. The molecule has 0 aromatic heterocycles. The molecule has 2 aromatic rings. The molecule has 0 spiro atoms. The molecule has 1 saturated heterocycles. The Morgan fingerprint density at radius 2 is 1.69 bits per heavy atom. The zero-order chi connectivity index (χ0) is 17.9. The fraction of sp³-hybridized carbons (Fsp3) is 0.500. The van der Waals surface area contributed by atoms with Crippen molar-refractivity contribution in [2.24, 2.45) is 0 Å². The molecule has 1 heterocycles. The van der Waals surface area contributed by atoms with E-state index in [-0.39, 0.29) is 11.9 Å². The number of amides is 1. The third kappa shape index (κ3) is 3.62. The smallest absolute Gasteiger partial charge is 0.241 e. The summed E-state index contributed by atoms with van der Waals surface area (Å²) in [7, 11) is 0. The van der Waals surface area contributed by atoms with Crippen LogP contribution in [0.4, 0.5) is 5.69 Å². The van der Waals surface area contributed by atoms with Crippen molar-refractivity contribution in [2.75, 3.05) is 31.5 Å².